The van der Waals surface area contributed by atoms with Gasteiger partial charge >= 0.3 is 0 Å². The van der Waals surface area contributed by atoms with Crippen molar-refractivity contribution in [1.82, 2.24) is 25.9 Å². The average Bonchev–Trinajstić information content (AvgIpc) is 3.28. The fourth-order valence-electron chi connectivity index (χ4n) is 3.26. The molecule has 0 aliphatic heterocycles. The summed E-state index contributed by atoms with van der Waals surface area (Å²) >= 11 is 0. The first kappa shape index (κ1) is 17.1. The molecule has 3 aromatic carbocycles. The number of benzene rings is 3. The maximum Gasteiger partial charge on any atom is 0.204 e. The number of hydrogen-bond acceptors (Lipinski definition) is 4. The second kappa shape index (κ2) is 7.93. The summed E-state index contributed by atoms with van der Waals surface area (Å²) in [5, 5.41) is 18.2. The van der Waals surface area contributed by atoms with Gasteiger partial charge in [-0.05, 0) is 34.9 Å². The zero-order valence-corrected chi connectivity index (χ0v) is 15.1. The van der Waals surface area contributed by atoms with Gasteiger partial charge in [0, 0.05) is 11.6 Å². The topological polar surface area (TPSA) is 66.5 Å². The van der Waals surface area contributed by atoms with Gasteiger partial charge in [-0.25, -0.2) is 0 Å². The molecule has 1 aromatic heterocycles. The fraction of sp³-hybridized carbons (Fsp3) is 0.136. The molecule has 4 rings (SSSR count). The lowest BCUT2D eigenvalue weighted by molar-refractivity contribution is 0.516. The van der Waals surface area contributed by atoms with E-state index in [9.17, 15) is 0 Å². The highest BCUT2D eigenvalue weighted by atomic mass is 15.5. The molecule has 0 fully saturated rings. The van der Waals surface area contributed by atoms with E-state index >= 15 is 0 Å². The minimum atomic E-state index is 0.0493. The summed E-state index contributed by atoms with van der Waals surface area (Å²) in [4.78, 5) is 0. The molecule has 0 aliphatic carbocycles. The number of rotatable bonds is 6. The van der Waals surface area contributed by atoms with Crippen LogP contribution in [0.5, 0.6) is 0 Å². The van der Waals surface area contributed by atoms with Crippen molar-refractivity contribution in [2.75, 3.05) is 0 Å². The molecule has 5 heteroatoms. The predicted molar refractivity (Wildman–Crippen MR) is 106 cm³/mol. The van der Waals surface area contributed by atoms with Crippen molar-refractivity contribution in [3.05, 3.63) is 102 Å². The van der Waals surface area contributed by atoms with Crippen LogP contribution in [0.25, 0.3) is 11.4 Å². The van der Waals surface area contributed by atoms with Crippen LogP contribution in [0, 0.1) is 0 Å². The first-order valence-corrected chi connectivity index (χ1v) is 9.01. The van der Waals surface area contributed by atoms with Crippen LogP contribution in [0.3, 0.4) is 0 Å². The normalized spacial score (nSPS) is 13.2. The van der Waals surface area contributed by atoms with Gasteiger partial charge in [-0.1, -0.05) is 78.9 Å². The van der Waals surface area contributed by atoms with Crippen molar-refractivity contribution < 1.29 is 0 Å². The molecule has 0 saturated heterocycles. The van der Waals surface area contributed by atoms with E-state index in [1.165, 1.54) is 11.1 Å². The highest BCUT2D eigenvalue weighted by Gasteiger charge is 2.18. The van der Waals surface area contributed by atoms with E-state index in [1.54, 1.807) is 0 Å². The van der Waals surface area contributed by atoms with Gasteiger partial charge in [0.2, 0.25) is 5.82 Å². The molecular formula is C22H21N5. The van der Waals surface area contributed by atoms with Gasteiger partial charge in [-0.3, -0.25) is 5.32 Å². The molecule has 2 unspecified atom stereocenters. The van der Waals surface area contributed by atoms with Crippen molar-refractivity contribution in [2.24, 2.45) is 0 Å². The van der Waals surface area contributed by atoms with Crippen LogP contribution in [0.2, 0.25) is 0 Å². The van der Waals surface area contributed by atoms with Gasteiger partial charge in [0.05, 0.1) is 6.04 Å². The number of aromatic nitrogens is 4. The van der Waals surface area contributed by atoms with Gasteiger partial charge in [0.1, 0.15) is 0 Å². The molecule has 1 heterocycles. The largest absolute Gasteiger partial charge is 0.300 e. The van der Waals surface area contributed by atoms with Crippen molar-refractivity contribution in [1.29, 1.82) is 0 Å². The quantitative estimate of drug-likeness (QED) is 0.541. The van der Waals surface area contributed by atoms with Crippen LogP contribution >= 0.6 is 0 Å². The molecule has 27 heavy (non-hydrogen) atoms. The fourth-order valence-corrected chi connectivity index (χ4v) is 3.26. The maximum atomic E-state index is 4.10. The number of nitrogens with one attached hydrogen (secondary N) is 2. The third-order valence-corrected chi connectivity index (χ3v) is 4.67. The van der Waals surface area contributed by atoms with E-state index in [0.717, 1.165) is 11.1 Å². The molecule has 0 radical (unpaired) electrons. The Bertz CT molecular complexity index is 968. The Morgan fingerprint density at radius 1 is 0.778 bits per heavy atom. The van der Waals surface area contributed by atoms with Crippen molar-refractivity contribution in [3.63, 3.8) is 0 Å². The van der Waals surface area contributed by atoms with E-state index < -0.39 is 0 Å². The summed E-state index contributed by atoms with van der Waals surface area (Å²) in [6.45, 7) is 2.19. The van der Waals surface area contributed by atoms with Crippen LogP contribution in [-0.4, -0.2) is 20.6 Å². The monoisotopic (exact) mass is 355 g/mol. The Morgan fingerprint density at radius 2 is 1.44 bits per heavy atom. The van der Waals surface area contributed by atoms with Gasteiger partial charge in [0.25, 0.3) is 0 Å². The molecule has 0 amide bonds. The number of tetrazole rings is 1. The molecule has 2 N–H and O–H groups in total. The summed E-state index contributed by atoms with van der Waals surface area (Å²) in [5.74, 6) is 0.597. The van der Waals surface area contributed by atoms with Crippen LogP contribution < -0.4 is 5.32 Å². The second-order valence-electron chi connectivity index (χ2n) is 6.50. The number of H-pyrrole nitrogens is 1. The van der Waals surface area contributed by atoms with Crippen molar-refractivity contribution in [2.45, 2.75) is 19.0 Å². The lowest BCUT2D eigenvalue weighted by Gasteiger charge is -2.25. The van der Waals surface area contributed by atoms with Crippen LogP contribution in [0.4, 0.5) is 0 Å². The Balaban J connectivity index is 1.70. The smallest absolute Gasteiger partial charge is 0.204 e. The first-order chi connectivity index (χ1) is 13.3. The van der Waals surface area contributed by atoms with Gasteiger partial charge in [-0.2, -0.15) is 5.21 Å². The molecule has 134 valence electrons. The molecule has 4 aromatic rings. The minimum absolute atomic E-state index is 0.0493. The Hall–Kier alpha value is -3.31. The lowest BCUT2D eigenvalue weighted by atomic mass is 9.95. The van der Waals surface area contributed by atoms with E-state index in [-0.39, 0.29) is 12.1 Å². The van der Waals surface area contributed by atoms with Gasteiger partial charge < -0.3 is 0 Å². The zero-order valence-electron chi connectivity index (χ0n) is 15.1. The Morgan fingerprint density at radius 3 is 2.11 bits per heavy atom. The molecule has 0 spiro atoms. The molecule has 0 bridgehead atoms. The molecular weight excluding hydrogens is 334 g/mol. The van der Waals surface area contributed by atoms with Crippen LogP contribution in [-0.2, 0) is 0 Å². The number of aromatic amines is 1. The maximum absolute atomic E-state index is 4.10. The Kier molecular flexibility index (Phi) is 5.03. The first-order valence-electron chi connectivity index (χ1n) is 9.01. The predicted octanol–water partition coefficient (Wildman–Crippen LogP) is 4.31. The second-order valence-corrected chi connectivity index (χ2v) is 6.50. The minimum Gasteiger partial charge on any atom is -0.300 e. The zero-order chi connectivity index (χ0) is 18.5. The SMILES string of the molecule is CC(NC(c1ccccc1)c1cccc(-c2nn[nH]n2)c1)c1ccccc1. The Labute approximate surface area is 158 Å². The molecule has 2 atom stereocenters. The standard InChI is InChI=1S/C22H21N5/c1-16(17-9-4-2-5-10-17)23-21(18-11-6-3-7-12-18)19-13-8-14-20(15-19)22-24-26-27-25-22/h2-16,21,23H,1H3,(H,24,25,26,27). The average molecular weight is 355 g/mol. The highest BCUT2D eigenvalue weighted by molar-refractivity contribution is 5.56. The highest BCUT2D eigenvalue weighted by Crippen LogP contribution is 2.28. The van der Waals surface area contributed by atoms with Crippen LogP contribution in [0.15, 0.2) is 84.9 Å². The summed E-state index contributed by atoms with van der Waals surface area (Å²) in [6.07, 6.45) is 0. The van der Waals surface area contributed by atoms with E-state index in [2.05, 4.69) is 93.5 Å². The summed E-state index contributed by atoms with van der Waals surface area (Å²) in [5.41, 5.74) is 4.57. The molecule has 0 saturated carbocycles. The van der Waals surface area contributed by atoms with Gasteiger partial charge in [0.15, 0.2) is 0 Å². The number of nitrogens with zero attached hydrogens (tertiary/aromatic N) is 3. The van der Waals surface area contributed by atoms with Crippen LogP contribution in [0.1, 0.15) is 35.7 Å². The van der Waals surface area contributed by atoms with Crippen molar-refractivity contribution >= 4 is 0 Å². The third-order valence-electron chi connectivity index (χ3n) is 4.67. The molecule has 5 nitrogen and oxygen atoms in total. The summed E-state index contributed by atoms with van der Waals surface area (Å²) in [7, 11) is 0. The van der Waals surface area contributed by atoms with E-state index in [1.807, 2.05) is 24.3 Å². The van der Waals surface area contributed by atoms with E-state index in [0.29, 0.717) is 5.82 Å². The third kappa shape index (κ3) is 3.93. The van der Waals surface area contributed by atoms with Gasteiger partial charge in [-0.15, -0.1) is 10.2 Å². The van der Waals surface area contributed by atoms with Crippen molar-refractivity contribution in [3.8, 4) is 11.4 Å². The molecule has 0 aliphatic rings. The summed E-state index contributed by atoms with van der Waals surface area (Å²) in [6, 6.07) is 29.5. The lowest BCUT2D eigenvalue weighted by Crippen LogP contribution is -2.25. The number of hydrogen-bond donors (Lipinski definition) is 2. The van der Waals surface area contributed by atoms with E-state index in [4.69, 9.17) is 0 Å². The summed E-state index contributed by atoms with van der Waals surface area (Å²) < 4.78 is 0.